The highest BCUT2D eigenvalue weighted by molar-refractivity contribution is 8.27. The first-order valence-electron chi connectivity index (χ1n) is 8.81. The Labute approximate surface area is 173 Å². The van der Waals surface area contributed by atoms with E-state index in [-0.39, 0.29) is 12.5 Å². The number of carbonyl (C=O) groups is 2. The van der Waals surface area contributed by atoms with Crippen molar-refractivity contribution in [3.63, 3.8) is 0 Å². The minimum atomic E-state index is -0.431. The van der Waals surface area contributed by atoms with Gasteiger partial charge in [0.2, 0.25) is 0 Å². The van der Waals surface area contributed by atoms with Crippen LogP contribution >= 0.6 is 24.0 Å². The number of nitrogens with zero attached hydrogens (tertiary/aromatic N) is 1. The molecule has 28 heavy (non-hydrogen) atoms. The number of ether oxygens (including phenoxy) is 2. The summed E-state index contributed by atoms with van der Waals surface area (Å²) in [7, 11) is 0. The van der Waals surface area contributed by atoms with E-state index in [1.165, 1.54) is 16.7 Å². The Balaban J connectivity index is 1.84. The maximum Gasteiger partial charge on any atom is 0.338 e. The molecule has 0 bridgehead atoms. The third kappa shape index (κ3) is 4.43. The fourth-order valence-electron chi connectivity index (χ4n) is 2.66. The first-order chi connectivity index (χ1) is 13.5. The number of esters is 1. The first-order valence-corrected chi connectivity index (χ1v) is 10.0. The molecule has 1 aliphatic rings. The molecule has 2 aromatic rings. The molecule has 144 valence electrons. The summed E-state index contributed by atoms with van der Waals surface area (Å²) in [6.45, 7) is 4.56. The molecule has 0 saturated carbocycles. The van der Waals surface area contributed by atoms with Crippen LogP contribution in [-0.4, -0.2) is 29.4 Å². The van der Waals surface area contributed by atoms with Crippen molar-refractivity contribution in [3.05, 3.63) is 64.6 Å². The molecule has 7 heteroatoms. The number of amides is 1. The normalized spacial score (nSPS) is 15.2. The summed E-state index contributed by atoms with van der Waals surface area (Å²) < 4.78 is 10.9. The van der Waals surface area contributed by atoms with Crippen LogP contribution in [0.25, 0.3) is 6.08 Å². The predicted molar refractivity (Wildman–Crippen MR) is 116 cm³/mol. The van der Waals surface area contributed by atoms with Crippen LogP contribution in [0.15, 0.2) is 53.4 Å². The second kappa shape index (κ2) is 9.03. The smallest absolute Gasteiger partial charge is 0.338 e. The van der Waals surface area contributed by atoms with Crippen molar-refractivity contribution in [2.45, 2.75) is 13.8 Å². The SMILES string of the molecule is CCOC(=O)c1cccc(N2C(=O)/C(=C/c3ccc(OCC)cc3)SC2=S)c1. The van der Waals surface area contributed by atoms with Crippen molar-refractivity contribution in [3.8, 4) is 5.75 Å². The largest absolute Gasteiger partial charge is 0.494 e. The zero-order valence-corrected chi connectivity index (χ0v) is 17.1. The van der Waals surface area contributed by atoms with Gasteiger partial charge in [0.25, 0.3) is 5.91 Å². The zero-order valence-electron chi connectivity index (χ0n) is 15.5. The molecule has 0 radical (unpaired) electrons. The second-order valence-corrected chi connectivity index (χ2v) is 7.47. The lowest BCUT2D eigenvalue weighted by Crippen LogP contribution is -2.27. The summed E-state index contributed by atoms with van der Waals surface area (Å²) in [6, 6.07) is 14.2. The number of thioether (sulfide) groups is 1. The van der Waals surface area contributed by atoms with Crippen LogP contribution in [0.1, 0.15) is 29.8 Å². The molecule has 1 heterocycles. The maximum atomic E-state index is 12.9. The molecule has 3 rings (SSSR count). The van der Waals surface area contributed by atoms with Gasteiger partial charge >= 0.3 is 5.97 Å². The topological polar surface area (TPSA) is 55.8 Å². The van der Waals surface area contributed by atoms with Gasteiger partial charge in [-0.15, -0.1) is 0 Å². The molecule has 1 saturated heterocycles. The molecule has 5 nitrogen and oxygen atoms in total. The molecule has 0 aromatic heterocycles. The van der Waals surface area contributed by atoms with Gasteiger partial charge in [-0.2, -0.15) is 0 Å². The van der Waals surface area contributed by atoms with E-state index in [9.17, 15) is 9.59 Å². The van der Waals surface area contributed by atoms with E-state index in [1.807, 2.05) is 31.2 Å². The van der Waals surface area contributed by atoms with E-state index in [0.717, 1.165) is 11.3 Å². The molecule has 0 spiro atoms. The van der Waals surface area contributed by atoms with Crippen molar-refractivity contribution < 1.29 is 19.1 Å². The van der Waals surface area contributed by atoms with Gasteiger partial charge in [-0.25, -0.2) is 4.79 Å². The number of carbonyl (C=O) groups excluding carboxylic acids is 2. The fraction of sp³-hybridized carbons (Fsp3) is 0.190. The van der Waals surface area contributed by atoms with Crippen LogP contribution < -0.4 is 9.64 Å². The van der Waals surface area contributed by atoms with E-state index in [1.54, 1.807) is 37.3 Å². The summed E-state index contributed by atoms with van der Waals surface area (Å²) in [6.07, 6.45) is 1.80. The average Bonchev–Trinajstić information content (AvgIpc) is 2.97. The number of anilines is 1. The van der Waals surface area contributed by atoms with Gasteiger partial charge in [-0.1, -0.05) is 42.2 Å². The van der Waals surface area contributed by atoms with Crippen LogP contribution in [0.5, 0.6) is 5.75 Å². The first kappa shape index (κ1) is 20.1. The molecule has 0 atom stereocenters. The van der Waals surface area contributed by atoms with Crippen molar-refractivity contribution in [1.29, 1.82) is 0 Å². The lowest BCUT2D eigenvalue weighted by Gasteiger charge is -2.15. The van der Waals surface area contributed by atoms with Crippen LogP contribution in [-0.2, 0) is 9.53 Å². The van der Waals surface area contributed by atoms with Gasteiger partial charge in [-0.05, 0) is 55.8 Å². The molecule has 1 aliphatic heterocycles. The number of thiocarbonyl (C=S) groups is 1. The van der Waals surface area contributed by atoms with E-state index in [2.05, 4.69) is 0 Å². The number of hydrogen-bond acceptors (Lipinski definition) is 6. The Morgan fingerprint density at radius 1 is 1.14 bits per heavy atom. The van der Waals surface area contributed by atoms with E-state index >= 15 is 0 Å². The molecular formula is C21H19NO4S2. The van der Waals surface area contributed by atoms with Crippen LogP contribution in [0.4, 0.5) is 5.69 Å². The lowest BCUT2D eigenvalue weighted by molar-refractivity contribution is -0.113. The minimum Gasteiger partial charge on any atom is -0.494 e. The third-order valence-electron chi connectivity index (χ3n) is 3.90. The summed E-state index contributed by atoms with van der Waals surface area (Å²) in [5.41, 5.74) is 1.80. The van der Waals surface area contributed by atoms with Crippen molar-refractivity contribution in [2.24, 2.45) is 0 Å². The Morgan fingerprint density at radius 3 is 2.57 bits per heavy atom. The van der Waals surface area contributed by atoms with Gasteiger partial charge in [0.15, 0.2) is 4.32 Å². The van der Waals surface area contributed by atoms with Crippen molar-refractivity contribution in [2.75, 3.05) is 18.1 Å². The van der Waals surface area contributed by atoms with Crippen LogP contribution in [0, 0.1) is 0 Å². The number of benzene rings is 2. The number of rotatable bonds is 6. The van der Waals surface area contributed by atoms with E-state index < -0.39 is 5.97 Å². The van der Waals surface area contributed by atoms with E-state index in [0.29, 0.717) is 27.1 Å². The van der Waals surface area contributed by atoms with Crippen LogP contribution in [0.2, 0.25) is 0 Å². The van der Waals surface area contributed by atoms with Crippen LogP contribution in [0.3, 0.4) is 0 Å². The number of hydrogen-bond donors (Lipinski definition) is 0. The van der Waals surface area contributed by atoms with Gasteiger partial charge in [-0.3, -0.25) is 9.69 Å². The molecule has 0 unspecified atom stereocenters. The summed E-state index contributed by atoms with van der Waals surface area (Å²) in [4.78, 5) is 26.8. The molecule has 2 aromatic carbocycles. The quantitative estimate of drug-likeness (QED) is 0.390. The lowest BCUT2D eigenvalue weighted by atomic mass is 10.1. The van der Waals surface area contributed by atoms with Gasteiger partial charge < -0.3 is 9.47 Å². The van der Waals surface area contributed by atoms with Gasteiger partial charge in [0.1, 0.15) is 5.75 Å². The standard InChI is InChI=1S/C21H19NO4S2/c1-3-25-17-10-8-14(9-11-17)12-18-19(23)22(21(27)28-18)16-7-5-6-15(13-16)20(24)26-4-2/h5-13H,3-4H2,1-2H3/b18-12-. The highest BCUT2D eigenvalue weighted by atomic mass is 32.2. The molecule has 0 aliphatic carbocycles. The maximum absolute atomic E-state index is 12.9. The van der Waals surface area contributed by atoms with Crippen molar-refractivity contribution in [1.82, 2.24) is 0 Å². The summed E-state index contributed by atoms with van der Waals surface area (Å²) in [5, 5.41) is 0. The Morgan fingerprint density at radius 2 is 1.89 bits per heavy atom. The fourth-order valence-corrected chi connectivity index (χ4v) is 3.95. The minimum absolute atomic E-state index is 0.218. The average molecular weight is 414 g/mol. The molecule has 0 N–H and O–H groups in total. The Hall–Kier alpha value is -2.64. The van der Waals surface area contributed by atoms with Crippen molar-refractivity contribution >= 4 is 51.9 Å². The van der Waals surface area contributed by atoms with Gasteiger partial charge in [0.05, 0.1) is 29.4 Å². The second-order valence-electron chi connectivity index (χ2n) is 5.79. The summed E-state index contributed by atoms with van der Waals surface area (Å²) in [5.74, 6) is 0.132. The third-order valence-corrected chi connectivity index (χ3v) is 5.20. The summed E-state index contributed by atoms with van der Waals surface area (Å²) >= 11 is 6.63. The highest BCUT2D eigenvalue weighted by Gasteiger charge is 2.33. The molecule has 1 amide bonds. The van der Waals surface area contributed by atoms with E-state index in [4.69, 9.17) is 21.7 Å². The molecular weight excluding hydrogens is 394 g/mol. The zero-order chi connectivity index (χ0) is 20.1. The highest BCUT2D eigenvalue weighted by Crippen LogP contribution is 2.36. The Kier molecular flexibility index (Phi) is 6.49. The Bertz CT molecular complexity index is 938. The van der Waals surface area contributed by atoms with Gasteiger partial charge in [0, 0.05) is 0 Å². The monoisotopic (exact) mass is 413 g/mol. The predicted octanol–water partition coefficient (Wildman–Crippen LogP) is 4.67. The molecule has 1 fully saturated rings.